The lowest BCUT2D eigenvalue weighted by Gasteiger charge is -2.24. The quantitative estimate of drug-likeness (QED) is 0.888. The third-order valence-corrected chi connectivity index (χ3v) is 2.83. The molecule has 4 nitrogen and oxygen atoms in total. The molecule has 0 spiro atoms. The van der Waals surface area contributed by atoms with Gasteiger partial charge in [0.2, 0.25) is 0 Å². The monoisotopic (exact) mass is 252 g/mol. The van der Waals surface area contributed by atoms with Crippen molar-refractivity contribution in [1.29, 1.82) is 5.26 Å². The summed E-state index contributed by atoms with van der Waals surface area (Å²) in [5, 5.41) is 8.77. The number of para-hydroxylation sites is 1. The van der Waals surface area contributed by atoms with Crippen LogP contribution < -0.4 is 10.6 Å². The van der Waals surface area contributed by atoms with Gasteiger partial charge in [-0.2, -0.15) is 5.26 Å². The fourth-order valence-corrected chi connectivity index (χ4v) is 1.94. The number of anilines is 2. The lowest BCUT2D eigenvalue weighted by atomic mass is 10.2. The maximum Gasteiger partial charge on any atom is 0.123 e. The van der Waals surface area contributed by atoms with Crippen LogP contribution in [0.4, 0.5) is 11.5 Å². The van der Waals surface area contributed by atoms with Crippen molar-refractivity contribution >= 4 is 11.5 Å². The molecule has 1 heterocycles. The minimum absolute atomic E-state index is 0.495. The number of nitrogen functional groups attached to an aromatic ring is 1. The highest BCUT2D eigenvalue weighted by atomic mass is 15.1. The van der Waals surface area contributed by atoms with Crippen molar-refractivity contribution in [3.8, 4) is 6.07 Å². The van der Waals surface area contributed by atoms with E-state index in [1.807, 2.05) is 42.5 Å². The molecular formula is C15H16N4. The van der Waals surface area contributed by atoms with E-state index < -0.39 is 0 Å². The lowest BCUT2D eigenvalue weighted by Crippen LogP contribution is -2.23. The van der Waals surface area contributed by atoms with E-state index in [-0.39, 0.29) is 0 Å². The Bertz CT molecular complexity index is 560. The van der Waals surface area contributed by atoms with Crippen LogP contribution in [0.15, 0.2) is 48.7 Å². The smallest absolute Gasteiger partial charge is 0.123 e. The summed E-state index contributed by atoms with van der Waals surface area (Å²) in [6.07, 6.45) is 2.20. The summed E-state index contributed by atoms with van der Waals surface area (Å²) in [7, 11) is 0. The van der Waals surface area contributed by atoms with Gasteiger partial charge in [0.05, 0.1) is 12.5 Å². The third-order valence-electron chi connectivity index (χ3n) is 2.83. The number of benzene rings is 1. The maximum atomic E-state index is 8.77. The van der Waals surface area contributed by atoms with Crippen molar-refractivity contribution in [3.63, 3.8) is 0 Å². The molecular weight excluding hydrogens is 236 g/mol. The summed E-state index contributed by atoms with van der Waals surface area (Å²) in [5.74, 6) is 0.519. The molecule has 0 unspecified atom stereocenters. The van der Waals surface area contributed by atoms with E-state index in [1.165, 1.54) is 0 Å². The molecule has 0 saturated heterocycles. The summed E-state index contributed by atoms with van der Waals surface area (Å²) in [6, 6.07) is 16.1. The molecule has 0 amide bonds. The van der Waals surface area contributed by atoms with Crippen LogP contribution in [0.5, 0.6) is 0 Å². The van der Waals surface area contributed by atoms with Crippen molar-refractivity contribution in [3.05, 3.63) is 54.2 Å². The number of nitrogens with zero attached hydrogens (tertiary/aromatic N) is 3. The molecule has 1 aromatic heterocycles. The van der Waals surface area contributed by atoms with Crippen molar-refractivity contribution < 1.29 is 0 Å². The van der Waals surface area contributed by atoms with Crippen molar-refractivity contribution in [2.75, 3.05) is 17.2 Å². The number of nitrogens with two attached hydrogens (primary N) is 1. The Balaban J connectivity index is 2.17. The van der Waals surface area contributed by atoms with Gasteiger partial charge in [-0.3, -0.25) is 0 Å². The second-order valence-electron chi connectivity index (χ2n) is 4.25. The summed E-state index contributed by atoms with van der Waals surface area (Å²) in [4.78, 5) is 6.15. The van der Waals surface area contributed by atoms with Gasteiger partial charge in [-0.1, -0.05) is 18.2 Å². The molecule has 0 saturated carbocycles. The zero-order valence-corrected chi connectivity index (χ0v) is 10.7. The standard InChI is InChI=1S/C15H16N4/c16-8-4-10-19(14-5-2-1-3-6-14)12-13-7-9-18-15(17)11-13/h1-3,5-7,9,11H,4,10,12H2,(H2,17,18). The number of rotatable bonds is 5. The molecule has 1 aromatic carbocycles. The average Bonchev–Trinajstić information content (AvgIpc) is 2.44. The first-order valence-electron chi connectivity index (χ1n) is 6.17. The van der Waals surface area contributed by atoms with Gasteiger partial charge in [0.15, 0.2) is 0 Å². The topological polar surface area (TPSA) is 65.9 Å². The Morgan fingerprint density at radius 1 is 1.21 bits per heavy atom. The Morgan fingerprint density at radius 3 is 2.68 bits per heavy atom. The highest BCUT2D eigenvalue weighted by Gasteiger charge is 2.07. The van der Waals surface area contributed by atoms with E-state index >= 15 is 0 Å². The van der Waals surface area contributed by atoms with Gasteiger partial charge in [-0.05, 0) is 29.8 Å². The Labute approximate surface area is 113 Å². The molecule has 96 valence electrons. The predicted molar refractivity (Wildman–Crippen MR) is 76.4 cm³/mol. The summed E-state index contributed by atoms with van der Waals surface area (Å²) in [5.41, 5.74) is 7.89. The number of nitriles is 1. The first-order valence-corrected chi connectivity index (χ1v) is 6.17. The first-order chi connectivity index (χ1) is 9.29. The maximum absolute atomic E-state index is 8.77. The fraction of sp³-hybridized carbons (Fsp3) is 0.200. The largest absolute Gasteiger partial charge is 0.384 e. The van der Waals surface area contributed by atoms with Gasteiger partial charge < -0.3 is 10.6 Å². The van der Waals surface area contributed by atoms with Crippen LogP contribution in [0.25, 0.3) is 0 Å². The number of hydrogen-bond acceptors (Lipinski definition) is 4. The Hall–Kier alpha value is -2.54. The average molecular weight is 252 g/mol. The van der Waals surface area contributed by atoms with Crippen LogP contribution in [0.1, 0.15) is 12.0 Å². The van der Waals surface area contributed by atoms with E-state index in [1.54, 1.807) is 6.20 Å². The van der Waals surface area contributed by atoms with Gasteiger partial charge in [0.25, 0.3) is 0 Å². The molecule has 0 fully saturated rings. The Morgan fingerprint density at radius 2 is 2.00 bits per heavy atom. The van der Waals surface area contributed by atoms with Gasteiger partial charge in [-0.15, -0.1) is 0 Å². The molecule has 4 heteroatoms. The lowest BCUT2D eigenvalue weighted by molar-refractivity contribution is 0.797. The van der Waals surface area contributed by atoms with Crippen LogP contribution in [0, 0.1) is 11.3 Å². The number of pyridine rings is 1. The molecule has 0 atom stereocenters. The molecule has 19 heavy (non-hydrogen) atoms. The Kier molecular flexibility index (Phi) is 4.35. The van der Waals surface area contributed by atoms with E-state index in [2.05, 4.69) is 16.0 Å². The molecule has 0 radical (unpaired) electrons. The molecule has 0 bridgehead atoms. The molecule has 2 aromatic rings. The van der Waals surface area contributed by atoms with Gasteiger partial charge in [0.1, 0.15) is 5.82 Å². The van der Waals surface area contributed by atoms with Crippen LogP contribution in [0.2, 0.25) is 0 Å². The first kappa shape index (κ1) is 12.9. The van der Waals surface area contributed by atoms with Crippen LogP contribution in [-0.2, 0) is 6.54 Å². The zero-order chi connectivity index (χ0) is 13.5. The van der Waals surface area contributed by atoms with E-state index in [0.29, 0.717) is 18.8 Å². The summed E-state index contributed by atoms with van der Waals surface area (Å²) < 4.78 is 0. The van der Waals surface area contributed by atoms with Crippen LogP contribution in [0.3, 0.4) is 0 Å². The normalized spacial score (nSPS) is 9.84. The number of hydrogen-bond donors (Lipinski definition) is 1. The second-order valence-corrected chi connectivity index (χ2v) is 4.25. The van der Waals surface area contributed by atoms with Crippen LogP contribution in [-0.4, -0.2) is 11.5 Å². The van der Waals surface area contributed by atoms with E-state index in [0.717, 1.165) is 17.8 Å². The minimum atomic E-state index is 0.495. The number of aromatic nitrogens is 1. The zero-order valence-electron chi connectivity index (χ0n) is 10.7. The van der Waals surface area contributed by atoms with Gasteiger partial charge in [-0.25, -0.2) is 4.98 Å². The third kappa shape index (κ3) is 3.71. The van der Waals surface area contributed by atoms with Crippen LogP contribution >= 0.6 is 0 Å². The SMILES string of the molecule is N#CCCN(Cc1ccnc(N)c1)c1ccccc1. The van der Waals surface area contributed by atoms with Gasteiger partial charge in [0, 0.05) is 25.0 Å². The van der Waals surface area contributed by atoms with E-state index in [4.69, 9.17) is 11.0 Å². The predicted octanol–water partition coefficient (Wildman–Crippen LogP) is 2.58. The van der Waals surface area contributed by atoms with Crippen molar-refractivity contribution in [2.24, 2.45) is 0 Å². The molecule has 0 aliphatic carbocycles. The molecule has 0 aliphatic heterocycles. The van der Waals surface area contributed by atoms with E-state index in [9.17, 15) is 0 Å². The minimum Gasteiger partial charge on any atom is -0.384 e. The molecule has 0 aliphatic rings. The fourth-order valence-electron chi connectivity index (χ4n) is 1.94. The van der Waals surface area contributed by atoms with Crippen molar-refractivity contribution in [1.82, 2.24) is 4.98 Å². The highest BCUT2D eigenvalue weighted by Crippen LogP contribution is 2.17. The van der Waals surface area contributed by atoms with Gasteiger partial charge >= 0.3 is 0 Å². The molecule has 2 N–H and O–H groups in total. The second kappa shape index (κ2) is 6.41. The summed E-state index contributed by atoms with van der Waals surface area (Å²) in [6.45, 7) is 1.42. The van der Waals surface area contributed by atoms with Crippen molar-refractivity contribution in [2.45, 2.75) is 13.0 Å². The highest BCUT2D eigenvalue weighted by molar-refractivity contribution is 5.47. The summed E-state index contributed by atoms with van der Waals surface area (Å²) >= 11 is 0. The molecule has 2 rings (SSSR count).